The molecular weight excluding hydrogens is 284 g/mol. The molecule has 2 rings (SSSR count). The van der Waals surface area contributed by atoms with E-state index in [1.165, 1.54) is 7.11 Å². The average molecular weight is 308 g/mol. The number of piperidine rings is 1. The van der Waals surface area contributed by atoms with Crippen LogP contribution < -0.4 is 5.32 Å². The predicted octanol–water partition coefficient (Wildman–Crippen LogP) is 1.17. The molecule has 1 spiro atoms. The SMILES string of the molecule is C=C/C(=C\C=C(/NC)C(=O)OC)N1CCC2(CC1)OCCO2. The van der Waals surface area contributed by atoms with Gasteiger partial charge < -0.3 is 24.4 Å². The van der Waals surface area contributed by atoms with Gasteiger partial charge in [-0.3, -0.25) is 0 Å². The second kappa shape index (κ2) is 7.47. The van der Waals surface area contributed by atoms with Crippen molar-refractivity contribution >= 4 is 5.97 Å². The molecular formula is C16H24N2O4. The average Bonchev–Trinajstić information content (AvgIpc) is 3.00. The minimum Gasteiger partial charge on any atom is -0.464 e. The molecule has 0 atom stereocenters. The quantitative estimate of drug-likeness (QED) is 0.467. The number of hydrogen-bond acceptors (Lipinski definition) is 6. The number of likely N-dealkylation sites (tertiary alicyclic amines) is 1. The summed E-state index contributed by atoms with van der Waals surface area (Å²) in [6, 6.07) is 0. The van der Waals surface area contributed by atoms with E-state index < -0.39 is 5.97 Å². The van der Waals surface area contributed by atoms with Gasteiger partial charge >= 0.3 is 5.97 Å². The number of esters is 1. The Kier molecular flexibility index (Phi) is 5.63. The normalized spacial score (nSPS) is 21.8. The maximum Gasteiger partial charge on any atom is 0.354 e. The molecule has 2 aliphatic heterocycles. The molecule has 1 N–H and O–H groups in total. The summed E-state index contributed by atoms with van der Waals surface area (Å²) in [6.07, 6.45) is 7.02. The van der Waals surface area contributed by atoms with Crippen molar-refractivity contribution in [2.45, 2.75) is 18.6 Å². The van der Waals surface area contributed by atoms with Gasteiger partial charge in [0, 0.05) is 38.7 Å². The van der Waals surface area contributed by atoms with Gasteiger partial charge in [0.15, 0.2) is 5.79 Å². The Hall–Kier alpha value is -1.79. The van der Waals surface area contributed by atoms with Gasteiger partial charge in [0.1, 0.15) is 5.70 Å². The Morgan fingerprint density at radius 1 is 1.27 bits per heavy atom. The Labute approximate surface area is 131 Å². The van der Waals surface area contributed by atoms with Crippen LogP contribution >= 0.6 is 0 Å². The van der Waals surface area contributed by atoms with Crippen molar-refractivity contribution in [2.24, 2.45) is 0 Å². The molecule has 0 aromatic heterocycles. The van der Waals surface area contributed by atoms with Gasteiger partial charge in [0.05, 0.1) is 20.3 Å². The second-order valence-electron chi connectivity index (χ2n) is 5.21. The van der Waals surface area contributed by atoms with Gasteiger partial charge in [-0.2, -0.15) is 0 Å². The summed E-state index contributed by atoms with van der Waals surface area (Å²) < 4.78 is 16.2. The van der Waals surface area contributed by atoms with Gasteiger partial charge in [0.25, 0.3) is 0 Å². The molecule has 0 aliphatic carbocycles. The smallest absolute Gasteiger partial charge is 0.354 e. The first-order valence-electron chi connectivity index (χ1n) is 7.47. The van der Waals surface area contributed by atoms with Gasteiger partial charge in [0.2, 0.25) is 0 Å². The van der Waals surface area contributed by atoms with Crippen molar-refractivity contribution in [1.29, 1.82) is 0 Å². The fraction of sp³-hybridized carbons (Fsp3) is 0.562. The van der Waals surface area contributed by atoms with Gasteiger partial charge in [-0.15, -0.1) is 0 Å². The van der Waals surface area contributed by atoms with Crippen LogP contribution in [-0.4, -0.2) is 57.1 Å². The lowest BCUT2D eigenvalue weighted by Gasteiger charge is -2.39. The van der Waals surface area contributed by atoms with Gasteiger partial charge in [-0.1, -0.05) is 6.58 Å². The third kappa shape index (κ3) is 3.69. The highest BCUT2D eigenvalue weighted by Gasteiger charge is 2.39. The second-order valence-corrected chi connectivity index (χ2v) is 5.21. The van der Waals surface area contributed by atoms with Crippen molar-refractivity contribution in [3.8, 4) is 0 Å². The number of ether oxygens (including phenoxy) is 3. The first kappa shape index (κ1) is 16.6. The zero-order valence-corrected chi connectivity index (χ0v) is 13.3. The predicted molar refractivity (Wildman–Crippen MR) is 82.9 cm³/mol. The van der Waals surface area contributed by atoms with Gasteiger partial charge in [-0.25, -0.2) is 4.79 Å². The van der Waals surface area contributed by atoms with E-state index >= 15 is 0 Å². The number of rotatable bonds is 5. The van der Waals surface area contributed by atoms with E-state index in [2.05, 4.69) is 16.8 Å². The fourth-order valence-electron chi connectivity index (χ4n) is 2.73. The molecule has 2 fully saturated rings. The van der Waals surface area contributed by atoms with E-state index in [1.807, 2.05) is 6.08 Å². The van der Waals surface area contributed by atoms with Crippen LogP contribution in [0, 0.1) is 0 Å². The van der Waals surface area contributed by atoms with E-state index in [4.69, 9.17) is 14.2 Å². The maximum atomic E-state index is 11.5. The van der Waals surface area contributed by atoms with Crippen LogP contribution in [0.25, 0.3) is 0 Å². The Morgan fingerprint density at radius 2 is 1.91 bits per heavy atom. The zero-order chi connectivity index (χ0) is 16.0. The van der Waals surface area contributed by atoms with Crippen molar-refractivity contribution < 1.29 is 19.0 Å². The number of nitrogens with one attached hydrogen (secondary N) is 1. The largest absolute Gasteiger partial charge is 0.464 e. The molecule has 2 aliphatic rings. The number of likely N-dealkylation sites (N-methyl/N-ethyl adjacent to an activating group) is 1. The Morgan fingerprint density at radius 3 is 2.41 bits per heavy atom. The maximum absolute atomic E-state index is 11.5. The molecule has 22 heavy (non-hydrogen) atoms. The number of nitrogens with zero attached hydrogens (tertiary/aromatic N) is 1. The highest BCUT2D eigenvalue weighted by molar-refractivity contribution is 5.87. The topological polar surface area (TPSA) is 60.0 Å². The summed E-state index contributed by atoms with van der Waals surface area (Å²) in [6.45, 7) is 6.88. The van der Waals surface area contributed by atoms with Crippen molar-refractivity contribution in [3.63, 3.8) is 0 Å². The Bertz CT molecular complexity index is 469. The lowest BCUT2D eigenvalue weighted by atomic mass is 10.0. The summed E-state index contributed by atoms with van der Waals surface area (Å²) in [4.78, 5) is 13.7. The molecule has 0 unspecified atom stereocenters. The Balaban J connectivity index is 2.02. The third-order valence-corrected chi connectivity index (χ3v) is 4.01. The summed E-state index contributed by atoms with van der Waals surface area (Å²) >= 11 is 0. The molecule has 122 valence electrons. The van der Waals surface area contributed by atoms with E-state index in [1.54, 1.807) is 19.2 Å². The number of carbonyl (C=O) groups excluding carboxylic acids is 1. The zero-order valence-electron chi connectivity index (χ0n) is 13.3. The minimum absolute atomic E-state index is 0.388. The molecule has 0 bridgehead atoms. The van der Waals surface area contributed by atoms with Crippen LogP contribution in [0.15, 0.2) is 36.2 Å². The number of hydrogen-bond donors (Lipinski definition) is 1. The standard InChI is InChI=1S/C16H24N2O4/c1-4-13(5-6-14(17-2)15(19)20-3)18-9-7-16(8-10-18)21-11-12-22-16/h4-6,17H,1,7-12H2,2-3H3/b13-5+,14-6-. The summed E-state index contributed by atoms with van der Waals surface area (Å²) in [7, 11) is 3.04. The number of methoxy groups -OCH3 is 1. The first-order valence-corrected chi connectivity index (χ1v) is 7.47. The lowest BCUT2D eigenvalue weighted by molar-refractivity contribution is -0.182. The van der Waals surface area contributed by atoms with Crippen molar-refractivity contribution in [2.75, 3.05) is 40.5 Å². The highest BCUT2D eigenvalue weighted by atomic mass is 16.7. The third-order valence-electron chi connectivity index (χ3n) is 4.01. The number of allylic oxidation sites excluding steroid dienone is 3. The van der Waals surface area contributed by atoms with Crippen LogP contribution in [-0.2, 0) is 19.0 Å². The molecule has 2 heterocycles. The molecule has 2 saturated heterocycles. The van der Waals surface area contributed by atoms with Crippen LogP contribution in [0.5, 0.6) is 0 Å². The van der Waals surface area contributed by atoms with Crippen molar-refractivity contribution in [3.05, 3.63) is 36.2 Å². The molecule has 6 heteroatoms. The van der Waals surface area contributed by atoms with E-state index in [0.29, 0.717) is 18.9 Å². The molecule has 0 aromatic carbocycles. The number of carbonyl (C=O) groups is 1. The summed E-state index contributed by atoms with van der Waals surface area (Å²) in [5, 5.41) is 2.82. The summed E-state index contributed by atoms with van der Waals surface area (Å²) in [5.41, 5.74) is 1.36. The van der Waals surface area contributed by atoms with E-state index in [-0.39, 0.29) is 5.79 Å². The van der Waals surface area contributed by atoms with Crippen molar-refractivity contribution in [1.82, 2.24) is 10.2 Å². The molecule has 6 nitrogen and oxygen atoms in total. The minimum atomic E-state index is -0.396. The van der Waals surface area contributed by atoms with Crippen LogP contribution in [0.2, 0.25) is 0 Å². The van der Waals surface area contributed by atoms with Crippen LogP contribution in [0.3, 0.4) is 0 Å². The summed E-state index contributed by atoms with van der Waals surface area (Å²) in [5.74, 6) is -0.784. The fourth-order valence-corrected chi connectivity index (χ4v) is 2.73. The monoisotopic (exact) mass is 308 g/mol. The van der Waals surface area contributed by atoms with Gasteiger partial charge in [-0.05, 0) is 18.2 Å². The van der Waals surface area contributed by atoms with Crippen LogP contribution in [0.1, 0.15) is 12.8 Å². The van der Waals surface area contributed by atoms with E-state index in [0.717, 1.165) is 31.6 Å². The molecule has 0 aromatic rings. The van der Waals surface area contributed by atoms with E-state index in [9.17, 15) is 4.79 Å². The van der Waals surface area contributed by atoms with Crippen LogP contribution in [0.4, 0.5) is 0 Å². The highest BCUT2D eigenvalue weighted by Crippen LogP contribution is 2.32. The molecule has 0 saturated carbocycles. The lowest BCUT2D eigenvalue weighted by Crippen LogP contribution is -2.44. The molecule has 0 amide bonds. The molecule has 0 radical (unpaired) electrons. The first-order chi connectivity index (χ1) is 10.6.